The summed E-state index contributed by atoms with van der Waals surface area (Å²) in [6.45, 7) is 1.30. The number of hydroxylamine groups is 2. The molecule has 0 unspecified atom stereocenters. The average molecular weight is 163 g/mol. The number of nitrogens with zero attached hydrogens (tertiary/aromatic N) is 2. The number of hydrogen-bond acceptors (Lipinski definition) is 4. The minimum absolute atomic E-state index is 0.121. The van der Waals surface area contributed by atoms with Crippen molar-refractivity contribution in [3.8, 4) is 0 Å². The van der Waals surface area contributed by atoms with E-state index in [2.05, 4.69) is 9.83 Å². The van der Waals surface area contributed by atoms with Crippen LogP contribution < -0.4 is 0 Å². The third kappa shape index (κ3) is 1.88. The van der Waals surface area contributed by atoms with E-state index in [1.807, 2.05) is 0 Å². The third-order valence-corrected chi connectivity index (χ3v) is 1.21. The highest BCUT2D eigenvalue weighted by Crippen LogP contribution is 1.95. The molecule has 0 saturated heterocycles. The lowest BCUT2D eigenvalue weighted by molar-refractivity contribution is -0.166. The normalized spacial score (nSPS) is 15.9. The molecule has 1 aliphatic rings. The second-order valence-corrected chi connectivity index (χ2v) is 2.03. The van der Waals surface area contributed by atoms with Gasteiger partial charge in [0.15, 0.2) is 0 Å². The molecule has 1 rings (SSSR count). The molecule has 56 valence electrons. The van der Waals surface area contributed by atoms with Crippen LogP contribution in [0.4, 0.5) is 0 Å². The van der Waals surface area contributed by atoms with Crippen LogP contribution in [0.5, 0.6) is 0 Å². The Bertz CT molecular complexity index is 160. The van der Waals surface area contributed by atoms with Gasteiger partial charge in [-0.05, 0) is 0 Å². The van der Waals surface area contributed by atoms with Crippen molar-refractivity contribution in [3.63, 3.8) is 0 Å². The van der Waals surface area contributed by atoms with Crippen molar-refractivity contribution in [2.24, 2.45) is 4.99 Å². The van der Waals surface area contributed by atoms with E-state index < -0.39 is 5.97 Å². The summed E-state index contributed by atoms with van der Waals surface area (Å²) in [6, 6.07) is 0. The van der Waals surface area contributed by atoms with Crippen molar-refractivity contribution >= 4 is 23.9 Å². The monoisotopic (exact) mass is 162 g/mol. The van der Waals surface area contributed by atoms with Gasteiger partial charge >= 0.3 is 5.97 Å². The van der Waals surface area contributed by atoms with Gasteiger partial charge in [-0.15, -0.1) is 11.6 Å². The fraction of sp³-hybridized carbons (Fsp3) is 0.600. The van der Waals surface area contributed by atoms with E-state index in [0.717, 1.165) is 0 Å². The van der Waals surface area contributed by atoms with Crippen LogP contribution in [0.1, 0.15) is 0 Å². The SMILES string of the molecule is O=C(CCl)ON1C=NCC1. The number of halogens is 1. The van der Waals surface area contributed by atoms with Crippen molar-refractivity contribution in [3.05, 3.63) is 0 Å². The summed E-state index contributed by atoms with van der Waals surface area (Å²) in [7, 11) is 0. The van der Waals surface area contributed by atoms with Gasteiger partial charge < -0.3 is 4.84 Å². The van der Waals surface area contributed by atoms with Crippen LogP contribution in [0, 0.1) is 0 Å². The van der Waals surface area contributed by atoms with Gasteiger partial charge in [0.05, 0.1) is 13.1 Å². The Hall–Kier alpha value is -0.770. The first kappa shape index (κ1) is 7.34. The first-order valence-electron chi connectivity index (χ1n) is 2.86. The maximum Gasteiger partial charge on any atom is 0.347 e. The maximum absolute atomic E-state index is 10.5. The molecule has 0 aromatic heterocycles. The summed E-state index contributed by atoms with van der Waals surface area (Å²) in [5.41, 5.74) is 0. The van der Waals surface area contributed by atoms with Gasteiger partial charge in [0.1, 0.15) is 12.2 Å². The molecule has 0 bridgehead atoms. The Labute approximate surface area is 63.4 Å². The molecule has 0 aliphatic carbocycles. The molecule has 5 heteroatoms. The van der Waals surface area contributed by atoms with Crippen molar-refractivity contribution in [2.45, 2.75) is 0 Å². The Kier molecular flexibility index (Phi) is 2.50. The van der Waals surface area contributed by atoms with E-state index in [9.17, 15) is 4.79 Å². The standard InChI is InChI=1S/C5H7ClN2O2/c6-3-5(9)10-8-2-1-7-4-8/h4H,1-3H2. The van der Waals surface area contributed by atoms with Gasteiger partial charge in [-0.1, -0.05) is 0 Å². The Balaban J connectivity index is 2.24. The molecular weight excluding hydrogens is 156 g/mol. The molecule has 1 aliphatic heterocycles. The first-order chi connectivity index (χ1) is 4.83. The summed E-state index contributed by atoms with van der Waals surface area (Å²) in [6.07, 6.45) is 1.48. The van der Waals surface area contributed by atoms with E-state index >= 15 is 0 Å². The molecule has 0 radical (unpaired) electrons. The summed E-state index contributed by atoms with van der Waals surface area (Å²) in [4.78, 5) is 19.0. The van der Waals surface area contributed by atoms with Crippen LogP contribution in [0.15, 0.2) is 4.99 Å². The Morgan fingerprint density at radius 3 is 3.20 bits per heavy atom. The fourth-order valence-corrected chi connectivity index (χ4v) is 0.636. The highest BCUT2D eigenvalue weighted by molar-refractivity contribution is 6.26. The van der Waals surface area contributed by atoms with Crippen molar-refractivity contribution in [1.82, 2.24) is 5.06 Å². The highest BCUT2D eigenvalue weighted by atomic mass is 35.5. The van der Waals surface area contributed by atoms with Crippen LogP contribution in [0.25, 0.3) is 0 Å². The maximum atomic E-state index is 10.5. The molecule has 0 fully saturated rings. The minimum Gasteiger partial charge on any atom is -0.339 e. The number of hydrogen-bond donors (Lipinski definition) is 0. The molecule has 0 spiro atoms. The Morgan fingerprint density at radius 1 is 1.90 bits per heavy atom. The summed E-state index contributed by atoms with van der Waals surface area (Å²) in [5, 5.41) is 1.37. The smallest absolute Gasteiger partial charge is 0.339 e. The summed E-state index contributed by atoms with van der Waals surface area (Å²) >= 11 is 5.18. The molecule has 1 heterocycles. The molecule has 4 nitrogen and oxygen atoms in total. The van der Waals surface area contributed by atoms with Gasteiger partial charge in [-0.25, -0.2) is 4.79 Å². The van der Waals surface area contributed by atoms with Gasteiger partial charge in [0.2, 0.25) is 0 Å². The first-order valence-corrected chi connectivity index (χ1v) is 3.40. The zero-order valence-electron chi connectivity index (χ0n) is 5.29. The van der Waals surface area contributed by atoms with Gasteiger partial charge in [-0.2, -0.15) is 5.06 Å². The second-order valence-electron chi connectivity index (χ2n) is 1.76. The largest absolute Gasteiger partial charge is 0.347 e. The second kappa shape index (κ2) is 3.41. The molecule has 10 heavy (non-hydrogen) atoms. The predicted molar refractivity (Wildman–Crippen MR) is 36.9 cm³/mol. The molecule has 0 amide bonds. The number of alkyl halides is 1. The molecule has 0 saturated carbocycles. The minimum atomic E-state index is -0.449. The molecule has 0 aromatic rings. The van der Waals surface area contributed by atoms with E-state index in [1.54, 1.807) is 0 Å². The quantitative estimate of drug-likeness (QED) is 0.538. The lowest BCUT2D eigenvalue weighted by Crippen LogP contribution is -2.24. The molecule has 0 aromatic carbocycles. The van der Waals surface area contributed by atoms with Crippen molar-refractivity contribution in [1.29, 1.82) is 0 Å². The lowest BCUT2D eigenvalue weighted by atomic mass is 10.7. The van der Waals surface area contributed by atoms with Gasteiger partial charge in [0, 0.05) is 0 Å². The highest BCUT2D eigenvalue weighted by Gasteiger charge is 2.09. The lowest BCUT2D eigenvalue weighted by Gasteiger charge is -2.10. The number of aliphatic imine (C=N–C) groups is 1. The zero-order valence-corrected chi connectivity index (χ0v) is 6.04. The van der Waals surface area contributed by atoms with E-state index in [1.165, 1.54) is 11.4 Å². The van der Waals surface area contributed by atoms with E-state index in [4.69, 9.17) is 11.6 Å². The topological polar surface area (TPSA) is 41.9 Å². The van der Waals surface area contributed by atoms with Gasteiger partial charge in [-0.3, -0.25) is 4.99 Å². The molecule has 0 atom stereocenters. The fourth-order valence-electron chi connectivity index (χ4n) is 0.587. The number of carbonyl (C=O) groups excluding carboxylic acids is 1. The number of carbonyl (C=O) groups is 1. The van der Waals surface area contributed by atoms with E-state index in [0.29, 0.717) is 13.1 Å². The Morgan fingerprint density at radius 2 is 2.70 bits per heavy atom. The number of rotatable bonds is 2. The van der Waals surface area contributed by atoms with Crippen LogP contribution >= 0.6 is 11.6 Å². The average Bonchev–Trinajstić information content (AvgIpc) is 2.40. The molecule has 0 N–H and O–H groups in total. The van der Waals surface area contributed by atoms with Crippen molar-refractivity contribution in [2.75, 3.05) is 19.0 Å². The van der Waals surface area contributed by atoms with Crippen LogP contribution in [-0.4, -0.2) is 36.3 Å². The predicted octanol–water partition coefficient (Wildman–Crippen LogP) is 0.0273. The summed E-state index contributed by atoms with van der Waals surface area (Å²) < 4.78 is 0. The van der Waals surface area contributed by atoms with E-state index in [-0.39, 0.29) is 5.88 Å². The summed E-state index contributed by atoms with van der Waals surface area (Å²) in [5.74, 6) is -0.570. The third-order valence-electron chi connectivity index (χ3n) is 0.988. The van der Waals surface area contributed by atoms with Crippen LogP contribution in [-0.2, 0) is 9.63 Å². The van der Waals surface area contributed by atoms with Gasteiger partial charge in [0.25, 0.3) is 0 Å². The molecular formula is C5H7ClN2O2. The van der Waals surface area contributed by atoms with Crippen LogP contribution in [0.3, 0.4) is 0 Å². The van der Waals surface area contributed by atoms with Crippen molar-refractivity contribution < 1.29 is 9.63 Å². The van der Waals surface area contributed by atoms with Crippen LogP contribution in [0.2, 0.25) is 0 Å². The zero-order chi connectivity index (χ0) is 7.40.